The second-order valence-electron chi connectivity index (χ2n) is 8.84. The van der Waals surface area contributed by atoms with Gasteiger partial charge in [-0.15, -0.1) is 0 Å². The molecule has 5 rings (SSSR count). The Balaban J connectivity index is 1.41. The summed E-state index contributed by atoms with van der Waals surface area (Å²) in [6, 6.07) is 16.4. The Bertz CT molecular complexity index is 1690. The molecular formula is C26H19F3N4O3. The number of hydrogen-bond donors (Lipinski definition) is 2. The van der Waals surface area contributed by atoms with Gasteiger partial charge in [0.1, 0.15) is 5.54 Å². The lowest BCUT2D eigenvalue weighted by Crippen LogP contribution is -2.41. The van der Waals surface area contributed by atoms with Gasteiger partial charge in [-0.3, -0.25) is 9.59 Å². The fourth-order valence-electron chi connectivity index (χ4n) is 3.91. The van der Waals surface area contributed by atoms with Gasteiger partial charge < -0.3 is 14.8 Å². The number of carbonyl (C=O) groups excluding carboxylic acids is 1. The highest BCUT2D eigenvalue weighted by Gasteiger charge is 2.32. The molecular weight excluding hydrogens is 473 g/mol. The van der Waals surface area contributed by atoms with Crippen LogP contribution in [0.5, 0.6) is 0 Å². The normalized spacial score (nSPS) is 12.2. The Morgan fingerprint density at radius 2 is 1.69 bits per heavy atom. The van der Waals surface area contributed by atoms with Crippen LogP contribution in [0.4, 0.5) is 13.2 Å². The number of H-pyrrole nitrogens is 1. The third-order valence-corrected chi connectivity index (χ3v) is 5.80. The van der Waals surface area contributed by atoms with Gasteiger partial charge in [0.05, 0.1) is 11.1 Å². The van der Waals surface area contributed by atoms with Crippen molar-refractivity contribution in [2.45, 2.75) is 25.6 Å². The predicted molar refractivity (Wildman–Crippen MR) is 127 cm³/mol. The van der Waals surface area contributed by atoms with Crippen molar-refractivity contribution in [1.82, 2.24) is 20.4 Å². The number of benzene rings is 3. The topological polar surface area (TPSA) is 101 Å². The summed E-state index contributed by atoms with van der Waals surface area (Å²) < 4.78 is 44.4. The largest absolute Gasteiger partial charge is 0.416 e. The Hall–Kier alpha value is -4.47. The minimum Gasteiger partial charge on any atom is -0.354 e. The van der Waals surface area contributed by atoms with Gasteiger partial charge in [-0.05, 0) is 56.3 Å². The van der Waals surface area contributed by atoms with Crippen molar-refractivity contribution in [3.8, 4) is 11.4 Å². The smallest absolute Gasteiger partial charge is 0.354 e. The Kier molecular flexibility index (Phi) is 5.39. The number of alkyl halides is 3. The molecule has 0 bridgehead atoms. The van der Waals surface area contributed by atoms with Crippen molar-refractivity contribution in [2.24, 2.45) is 0 Å². The molecule has 0 atom stereocenters. The van der Waals surface area contributed by atoms with Crippen molar-refractivity contribution in [3.05, 3.63) is 94.0 Å². The minimum atomic E-state index is -4.51. The monoisotopic (exact) mass is 492 g/mol. The number of rotatable bonds is 4. The van der Waals surface area contributed by atoms with Crippen LogP contribution in [0.2, 0.25) is 0 Å². The van der Waals surface area contributed by atoms with Crippen LogP contribution < -0.4 is 10.7 Å². The molecule has 182 valence electrons. The molecule has 0 aliphatic heterocycles. The molecule has 0 fully saturated rings. The van der Waals surface area contributed by atoms with Gasteiger partial charge in [-0.2, -0.15) is 18.2 Å². The van der Waals surface area contributed by atoms with E-state index in [1.165, 1.54) is 12.1 Å². The molecule has 0 aliphatic carbocycles. The van der Waals surface area contributed by atoms with E-state index in [1.54, 1.807) is 56.3 Å². The average molecular weight is 492 g/mol. The Morgan fingerprint density at radius 1 is 0.944 bits per heavy atom. The predicted octanol–water partition coefficient (Wildman–Crippen LogP) is 5.42. The highest BCUT2D eigenvalue weighted by molar-refractivity contribution is 6.00. The first-order valence-corrected chi connectivity index (χ1v) is 10.9. The molecule has 10 heteroatoms. The van der Waals surface area contributed by atoms with Crippen molar-refractivity contribution in [2.75, 3.05) is 0 Å². The summed E-state index contributed by atoms with van der Waals surface area (Å²) in [5.41, 5.74) is -0.530. The van der Waals surface area contributed by atoms with E-state index < -0.39 is 23.2 Å². The highest BCUT2D eigenvalue weighted by Crippen LogP contribution is 2.32. The van der Waals surface area contributed by atoms with Gasteiger partial charge in [0, 0.05) is 27.4 Å². The fourth-order valence-corrected chi connectivity index (χ4v) is 3.91. The molecule has 5 aromatic rings. The maximum atomic E-state index is 13.0. The third-order valence-electron chi connectivity index (χ3n) is 5.80. The van der Waals surface area contributed by atoms with Crippen LogP contribution in [0.15, 0.2) is 76.0 Å². The number of nitrogens with one attached hydrogen (secondary N) is 2. The molecule has 1 amide bonds. The molecule has 2 N–H and O–H groups in total. The molecule has 2 aromatic heterocycles. The van der Waals surface area contributed by atoms with Crippen molar-refractivity contribution >= 4 is 27.7 Å². The first-order valence-electron chi connectivity index (χ1n) is 10.9. The lowest BCUT2D eigenvalue weighted by molar-refractivity contribution is -0.137. The van der Waals surface area contributed by atoms with E-state index in [9.17, 15) is 22.8 Å². The van der Waals surface area contributed by atoms with Crippen molar-refractivity contribution in [1.29, 1.82) is 0 Å². The maximum Gasteiger partial charge on any atom is 0.416 e. The number of hydrogen-bond acceptors (Lipinski definition) is 5. The zero-order valence-corrected chi connectivity index (χ0v) is 19.1. The molecule has 0 saturated carbocycles. The summed E-state index contributed by atoms with van der Waals surface area (Å²) >= 11 is 0. The first-order chi connectivity index (χ1) is 17.0. The number of pyridine rings is 1. The number of fused-ring (bicyclic) bond motifs is 2. The molecule has 0 saturated heterocycles. The second kappa shape index (κ2) is 8.33. The molecule has 0 unspecified atom stereocenters. The number of aromatic nitrogens is 3. The van der Waals surface area contributed by atoms with Crippen LogP contribution in [-0.2, 0) is 11.7 Å². The zero-order valence-electron chi connectivity index (χ0n) is 19.1. The maximum absolute atomic E-state index is 13.0. The van der Waals surface area contributed by atoms with Crippen molar-refractivity contribution < 1.29 is 22.5 Å². The lowest BCUT2D eigenvalue weighted by Gasteiger charge is -2.21. The van der Waals surface area contributed by atoms with Crippen LogP contribution in [-0.4, -0.2) is 21.0 Å². The van der Waals surface area contributed by atoms with Gasteiger partial charge in [0.2, 0.25) is 5.82 Å². The highest BCUT2D eigenvalue weighted by atomic mass is 19.4. The standard InChI is InChI=1S/C26H19F3N4O3/c1-25(2,24-31-22(33-36-24)14-6-5-7-16(12-14)26(27,28)29)32-23(35)15-10-11-18-20(13-15)30-19-9-4-3-8-17(19)21(18)34/h3-13H,1-2H3,(H,30,34)(H,32,35). The number of nitrogens with zero attached hydrogens (tertiary/aromatic N) is 2. The van der Waals surface area contributed by atoms with E-state index in [1.807, 2.05) is 0 Å². The molecule has 36 heavy (non-hydrogen) atoms. The van der Waals surface area contributed by atoms with Crippen LogP contribution in [0, 0.1) is 0 Å². The molecule has 0 aliphatic rings. The summed E-state index contributed by atoms with van der Waals surface area (Å²) in [6.07, 6.45) is -4.51. The quantitative estimate of drug-likeness (QED) is 0.327. The molecule has 2 heterocycles. The van der Waals surface area contributed by atoms with E-state index in [2.05, 4.69) is 20.4 Å². The van der Waals surface area contributed by atoms with Crippen molar-refractivity contribution in [3.63, 3.8) is 0 Å². The summed E-state index contributed by atoms with van der Waals surface area (Å²) in [6.45, 7) is 3.26. The van der Waals surface area contributed by atoms with E-state index >= 15 is 0 Å². The van der Waals surface area contributed by atoms with Gasteiger partial charge >= 0.3 is 6.18 Å². The number of para-hydroxylation sites is 1. The van der Waals surface area contributed by atoms with Gasteiger partial charge in [0.25, 0.3) is 11.8 Å². The summed E-state index contributed by atoms with van der Waals surface area (Å²) in [5, 5.41) is 7.59. The minimum absolute atomic E-state index is 0.0171. The van der Waals surface area contributed by atoms with Gasteiger partial charge in [0.15, 0.2) is 5.43 Å². The lowest BCUT2D eigenvalue weighted by atomic mass is 10.0. The Morgan fingerprint density at radius 3 is 2.47 bits per heavy atom. The average Bonchev–Trinajstić information content (AvgIpc) is 3.35. The van der Waals surface area contributed by atoms with Crippen LogP contribution in [0.3, 0.4) is 0 Å². The van der Waals surface area contributed by atoms with E-state index in [4.69, 9.17) is 4.52 Å². The number of halogens is 3. The Labute approximate surface area is 202 Å². The van der Waals surface area contributed by atoms with Crippen LogP contribution in [0.25, 0.3) is 33.2 Å². The van der Waals surface area contributed by atoms with E-state index in [-0.39, 0.29) is 22.7 Å². The molecule has 0 spiro atoms. The number of aromatic amines is 1. The van der Waals surface area contributed by atoms with E-state index in [0.717, 1.165) is 12.1 Å². The SMILES string of the molecule is CC(C)(NC(=O)c1ccc2c(=O)c3ccccc3[nH]c2c1)c1nc(-c2cccc(C(F)(F)F)c2)no1. The second-order valence-corrected chi connectivity index (χ2v) is 8.84. The van der Waals surface area contributed by atoms with Gasteiger partial charge in [-0.25, -0.2) is 0 Å². The number of amides is 1. The zero-order chi connectivity index (χ0) is 25.7. The summed E-state index contributed by atoms with van der Waals surface area (Å²) in [5.74, 6) is -0.480. The first kappa shape index (κ1) is 23.3. The summed E-state index contributed by atoms with van der Waals surface area (Å²) in [7, 11) is 0. The molecule has 0 radical (unpaired) electrons. The molecule has 7 nitrogen and oxygen atoms in total. The van der Waals surface area contributed by atoms with Crippen LogP contribution >= 0.6 is 0 Å². The summed E-state index contributed by atoms with van der Waals surface area (Å²) in [4.78, 5) is 33.2. The third kappa shape index (κ3) is 4.21. The fraction of sp³-hybridized carbons (Fsp3) is 0.154. The number of carbonyl (C=O) groups is 1. The molecule has 3 aromatic carbocycles. The van der Waals surface area contributed by atoms with E-state index in [0.29, 0.717) is 27.4 Å². The van der Waals surface area contributed by atoms with Gasteiger partial charge in [-0.1, -0.05) is 29.4 Å². The van der Waals surface area contributed by atoms with Crippen LogP contribution in [0.1, 0.15) is 35.7 Å².